The van der Waals surface area contributed by atoms with Crippen molar-refractivity contribution in [1.82, 2.24) is 0 Å². The SMILES string of the molecule is CCCCCCCCCCCC[C@@H](O)[C@H]1CC[C@H]([C@H]2CC[C@H]([C@H](O)CC[C@H](O)CCCCCCCC3=C[C@H](C)OC3=O)O2)O1. The van der Waals surface area contributed by atoms with Gasteiger partial charge in [-0.2, -0.15) is 0 Å². The van der Waals surface area contributed by atoms with E-state index in [1.165, 1.54) is 57.8 Å². The molecule has 8 atom stereocenters. The third-order valence-corrected chi connectivity index (χ3v) is 10.1. The topological polar surface area (TPSA) is 105 Å². The van der Waals surface area contributed by atoms with Gasteiger partial charge in [0.05, 0.1) is 42.7 Å². The molecule has 0 aliphatic carbocycles. The average Bonchev–Trinajstić information content (AvgIpc) is 3.76. The quantitative estimate of drug-likeness (QED) is 0.0703. The number of esters is 1. The van der Waals surface area contributed by atoms with Gasteiger partial charge in [0.1, 0.15) is 6.10 Å². The molecule has 0 saturated carbocycles. The van der Waals surface area contributed by atoms with Crippen molar-refractivity contribution in [2.45, 2.75) is 217 Å². The van der Waals surface area contributed by atoms with Crippen LogP contribution >= 0.6 is 0 Å². The fourth-order valence-electron chi connectivity index (χ4n) is 7.25. The summed E-state index contributed by atoms with van der Waals surface area (Å²) in [7, 11) is 0. The molecular formula is C37H66O7. The number of unbranched alkanes of at least 4 members (excludes halogenated alkanes) is 13. The second kappa shape index (κ2) is 21.7. The molecule has 7 nitrogen and oxygen atoms in total. The fraction of sp³-hybridized carbons (Fsp3) is 0.919. The molecule has 0 radical (unpaired) electrons. The molecule has 0 amide bonds. The molecule has 2 fully saturated rings. The number of aliphatic hydroxyl groups is 3. The summed E-state index contributed by atoms with van der Waals surface area (Å²) in [5, 5.41) is 31.9. The van der Waals surface area contributed by atoms with Crippen LogP contribution < -0.4 is 0 Å². The minimum absolute atomic E-state index is 0.00638. The summed E-state index contributed by atoms with van der Waals surface area (Å²) >= 11 is 0. The Hall–Kier alpha value is -0.990. The van der Waals surface area contributed by atoms with Gasteiger partial charge in [0, 0.05) is 5.57 Å². The molecule has 3 aliphatic heterocycles. The zero-order valence-electron chi connectivity index (χ0n) is 28.1. The van der Waals surface area contributed by atoms with Crippen molar-refractivity contribution in [3.63, 3.8) is 0 Å². The largest absolute Gasteiger partial charge is 0.455 e. The lowest BCUT2D eigenvalue weighted by Crippen LogP contribution is -2.33. The van der Waals surface area contributed by atoms with E-state index < -0.39 is 18.3 Å². The Bertz CT molecular complexity index is 801. The Morgan fingerprint density at radius 2 is 1.16 bits per heavy atom. The number of carbonyl (C=O) groups excluding carboxylic acids is 1. The molecule has 3 aliphatic rings. The molecule has 3 heterocycles. The van der Waals surface area contributed by atoms with Crippen LogP contribution in [-0.2, 0) is 19.0 Å². The second-order valence-electron chi connectivity index (χ2n) is 14.0. The molecule has 2 saturated heterocycles. The monoisotopic (exact) mass is 622 g/mol. The first-order valence-electron chi connectivity index (χ1n) is 18.6. The second-order valence-corrected chi connectivity index (χ2v) is 14.0. The summed E-state index contributed by atoms with van der Waals surface area (Å²) in [6.07, 6.45) is 25.5. The maximum Gasteiger partial charge on any atom is 0.334 e. The lowest BCUT2D eigenvalue weighted by atomic mass is 9.99. The number of hydrogen-bond acceptors (Lipinski definition) is 7. The molecule has 0 bridgehead atoms. The molecule has 7 heteroatoms. The van der Waals surface area contributed by atoms with E-state index in [0.717, 1.165) is 89.0 Å². The normalized spacial score (nSPS) is 27.4. The zero-order chi connectivity index (χ0) is 31.6. The zero-order valence-corrected chi connectivity index (χ0v) is 28.1. The van der Waals surface area contributed by atoms with Crippen LogP contribution in [0.15, 0.2) is 11.6 Å². The first-order valence-corrected chi connectivity index (χ1v) is 18.6. The molecular weight excluding hydrogens is 556 g/mol. The number of aliphatic hydroxyl groups excluding tert-OH is 3. The third kappa shape index (κ3) is 14.2. The lowest BCUT2D eigenvalue weighted by Gasteiger charge is -2.24. The van der Waals surface area contributed by atoms with E-state index >= 15 is 0 Å². The summed E-state index contributed by atoms with van der Waals surface area (Å²) in [6.45, 7) is 4.15. The van der Waals surface area contributed by atoms with Crippen molar-refractivity contribution in [2.75, 3.05) is 0 Å². The van der Waals surface area contributed by atoms with Crippen molar-refractivity contribution in [3.05, 3.63) is 11.6 Å². The van der Waals surface area contributed by atoms with E-state index in [1.54, 1.807) is 0 Å². The van der Waals surface area contributed by atoms with Crippen LogP contribution in [0.25, 0.3) is 0 Å². The van der Waals surface area contributed by atoms with Gasteiger partial charge in [-0.3, -0.25) is 0 Å². The summed E-state index contributed by atoms with van der Waals surface area (Å²) in [6, 6.07) is 0. The summed E-state index contributed by atoms with van der Waals surface area (Å²) in [5.74, 6) is -0.160. The lowest BCUT2D eigenvalue weighted by molar-refractivity contribution is -0.139. The van der Waals surface area contributed by atoms with Crippen molar-refractivity contribution in [1.29, 1.82) is 0 Å². The minimum atomic E-state index is -0.562. The van der Waals surface area contributed by atoms with Crippen LogP contribution in [-0.4, -0.2) is 70.1 Å². The van der Waals surface area contributed by atoms with Crippen molar-refractivity contribution >= 4 is 5.97 Å². The molecule has 0 aromatic rings. The third-order valence-electron chi connectivity index (χ3n) is 10.1. The van der Waals surface area contributed by atoms with E-state index in [-0.39, 0.29) is 36.5 Å². The fourth-order valence-corrected chi connectivity index (χ4v) is 7.25. The molecule has 0 aromatic heterocycles. The Morgan fingerprint density at radius 1 is 0.659 bits per heavy atom. The predicted molar refractivity (Wildman–Crippen MR) is 175 cm³/mol. The highest BCUT2D eigenvalue weighted by atomic mass is 16.6. The minimum Gasteiger partial charge on any atom is -0.455 e. The Balaban J connectivity index is 1.16. The first-order chi connectivity index (χ1) is 21.4. The first kappa shape index (κ1) is 37.5. The molecule has 3 N–H and O–H groups in total. The van der Waals surface area contributed by atoms with Gasteiger partial charge in [-0.05, 0) is 77.2 Å². The Labute approximate surface area is 268 Å². The van der Waals surface area contributed by atoms with E-state index in [9.17, 15) is 20.1 Å². The highest BCUT2D eigenvalue weighted by Crippen LogP contribution is 2.34. The molecule has 0 unspecified atom stereocenters. The van der Waals surface area contributed by atoms with E-state index in [0.29, 0.717) is 12.8 Å². The van der Waals surface area contributed by atoms with Crippen molar-refractivity contribution in [3.8, 4) is 0 Å². The van der Waals surface area contributed by atoms with Crippen molar-refractivity contribution in [2.24, 2.45) is 0 Å². The van der Waals surface area contributed by atoms with Gasteiger partial charge in [-0.25, -0.2) is 4.79 Å². The molecule has 3 rings (SSSR count). The van der Waals surface area contributed by atoms with Gasteiger partial charge < -0.3 is 29.5 Å². The van der Waals surface area contributed by atoms with Crippen LogP contribution in [0.2, 0.25) is 0 Å². The summed E-state index contributed by atoms with van der Waals surface area (Å²) in [5.41, 5.74) is 0.817. The predicted octanol–water partition coefficient (Wildman–Crippen LogP) is 7.86. The molecule has 0 aromatic carbocycles. The average molecular weight is 623 g/mol. The van der Waals surface area contributed by atoms with E-state index in [1.807, 2.05) is 13.0 Å². The van der Waals surface area contributed by atoms with Crippen molar-refractivity contribution < 1.29 is 34.3 Å². The van der Waals surface area contributed by atoms with Crippen LogP contribution in [0, 0.1) is 0 Å². The highest BCUT2D eigenvalue weighted by Gasteiger charge is 2.40. The Morgan fingerprint density at radius 3 is 1.70 bits per heavy atom. The Kier molecular flexibility index (Phi) is 18.5. The number of cyclic esters (lactones) is 1. The molecule has 44 heavy (non-hydrogen) atoms. The van der Waals surface area contributed by atoms with E-state index in [4.69, 9.17) is 14.2 Å². The number of hydrogen-bond donors (Lipinski definition) is 3. The number of carbonyl (C=O) groups is 1. The molecule has 0 spiro atoms. The molecule has 256 valence electrons. The smallest absolute Gasteiger partial charge is 0.334 e. The van der Waals surface area contributed by atoms with Crippen LogP contribution in [0.3, 0.4) is 0 Å². The maximum absolute atomic E-state index is 11.7. The van der Waals surface area contributed by atoms with E-state index in [2.05, 4.69) is 6.92 Å². The summed E-state index contributed by atoms with van der Waals surface area (Å²) in [4.78, 5) is 11.7. The summed E-state index contributed by atoms with van der Waals surface area (Å²) < 4.78 is 17.7. The highest BCUT2D eigenvalue weighted by molar-refractivity contribution is 5.90. The van der Waals surface area contributed by atoms with Gasteiger partial charge in [-0.15, -0.1) is 0 Å². The number of ether oxygens (including phenoxy) is 3. The van der Waals surface area contributed by atoms with Gasteiger partial charge in [0.2, 0.25) is 0 Å². The standard InChI is InChI=1S/C37H66O7/c1-3-4-5-6-7-8-9-10-14-17-20-31(39)33-23-25-35(43-33)36-26-24-34(44-36)32(40)22-21-30(38)19-16-13-11-12-15-18-29-27-28(2)42-37(29)41/h27-28,30-36,38-40H,3-26H2,1-2H3/t28-,30+,31+,32+,33+,34+,35+,36+/m0/s1. The van der Waals surface area contributed by atoms with Crippen LogP contribution in [0.1, 0.15) is 168 Å². The van der Waals surface area contributed by atoms with Crippen LogP contribution in [0.4, 0.5) is 0 Å². The van der Waals surface area contributed by atoms with Gasteiger partial charge >= 0.3 is 5.97 Å². The maximum atomic E-state index is 11.7. The van der Waals surface area contributed by atoms with Crippen LogP contribution in [0.5, 0.6) is 0 Å². The number of rotatable bonds is 25. The van der Waals surface area contributed by atoms with Gasteiger partial charge in [0.25, 0.3) is 0 Å². The van der Waals surface area contributed by atoms with Gasteiger partial charge in [0.15, 0.2) is 0 Å². The van der Waals surface area contributed by atoms with Gasteiger partial charge in [-0.1, -0.05) is 96.8 Å².